The van der Waals surface area contributed by atoms with Gasteiger partial charge >= 0.3 is 0 Å². The van der Waals surface area contributed by atoms with E-state index in [-0.39, 0.29) is 23.8 Å². The quantitative estimate of drug-likeness (QED) is 0.630. The smallest absolute Gasteiger partial charge is 0.268 e. The van der Waals surface area contributed by atoms with Crippen LogP contribution in [0, 0.1) is 11.2 Å². The molecule has 3 aromatic rings. The summed E-state index contributed by atoms with van der Waals surface area (Å²) >= 11 is 1.28. The molecule has 4 nitrogen and oxygen atoms in total. The standard InChI is InChI=1S/C24H24FNO3S/c1-24(2,3)21(27)14-22-26(4)23(28)20(30-22)13-16-9-11-18(12-10-16)29-15-17-7-5-6-8-19(17)25/h5-14H,15H2,1-4H3/b20-13+,22-14-. The Bertz CT molecular complexity index is 1230. The van der Waals surface area contributed by atoms with Crippen LogP contribution in [0.5, 0.6) is 5.75 Å². The van der Waals surface area contributed by atoms with Crippen LogP contribution in [0.1, 0.15) is 31.9 Å². The van der Waals surface area contributed by atoms with Gasteiger partial charge in [-0.05, 0) is 29.8 Å². The number of ether oxygens (including phenoxy) is 1. The maximum Gasteiger partial charge on any atom is 0.268 e. The Balaban J connectivity index is 1.82. The van der Waals surface area contributed by atoms with Gasteiger partial charge < -0.3 is 9.30 Å². The van der Waals surface area contributed by atoms with E-state index in [4.69, 9.17) is 4.74 Å². The summed E-state index contributed by atoms with van der Waals surface area (Å²) in [5, 5.41) is 0. The van der Waals surface area contributed by atoms with Crippen molar-refractivity contribution in [1.29, 1.82) is 0 Å². The largest absolute Gasteiger partial charge is 0.489 e. The third-order valence-electron chi connectivity index (χ3n) is 4.58. The zero-order valence-corrected chi connectivity index (χ0v) is 18.3. The van der Waals surface area contributed by atoms with Gasteiger partial charge in [-0.25, -0.2) is 4.39 Å². The molecule has 2 aromatic carbocycles. The summed E-state index contributed by atoms with van der Waals surface area (Å²) in [4.78, 5) is 24.8. The molecule has 0 aliphatic heterocycles. The van der Waals surface area contributed by atoms with Gasteiger partial charge in [-0.15, -0.1) is 11.3 Å². The van der Waals surface area contributed by atoms with Gasteiger partial charge in [0.05, 0.1) is 4.53 Å². The van der Waals surface area contributed by atoms with Crippen LogP contribution in [-0.2, 0) is 18.4 Å². The SMILES string of the molecule is Cn1c(=O)/c(=C\c2ccc(OCc3ccccc3F)cc2)s/c1=C\C(=O)C(C)(C)C. The lowest BCUT2D eigenvalue weighted by atomic mass is 9.91. The average Bonchev–Trinajstić information content (AvgIpc) is 2.95. The van der Waals surface area contributed by atoms with E-state index in [1.165, 1.54) is 28.0 Å². The highest BCUT2D eigenvalue weighted by Crippen LogP contribution is 2.16. The topological polar surface area (TPSA) is 48.3 Å². The number of carbonyl (C=O) groups excluding carboxylic acids is 1. The van der Waals surface area contributed by atoms with Gasteiger partial charge in [0.2, 0.25) is 0 Å². The minimum Gasteiger partial charge on any atom is -0.489 e. The van der Waals surface area contributed by atoms with Crippen molar-refractivity contribution >= 4 is 29.3 Å². The van der Waals surface area contributed by atoms with Crippen LogP contribution < -0.4 is 19.5 Å². The Morgan fingerprint density at radius 1 is 1.13 bits per heavy atom. The first-order chi connectivity index (χ1) is 14.1. The summed E-state index contributed by atoms with van der Waals surface area (Å²) in [5.41, 5.74) is 0.681. The molecule has 0 bridgehead atoms. The van der Waals surface area contributed by atoms with Gasteiger partial charge in [-0.3, -0.25) is 9.59 Å². The molecule has 0 saturated carbocycles. The van der Waals surface area contributed by atoms with E-state index in [9.17, 15) is 14.0 Å². The molecular formula is C24H24FNO3S. The van der Waals surface area contributed by atoms with Crippen LogP contribution in [0.3, 0.4) is 0 Å². The first-order valence-corrected chi connectivity index (χ1v) is 10.4. The van der Waals surface area contributed by atoms with E-state index in [1.807, 2.05) is 32.9 Å². The van der Waals surface area contributed by atoms with Crippen molar-refractivity contribution in [3.63, 3.8) is 0 Å². The third kappa shape index (κ3) is 5.13. The second kappa shape index (κ2) is 8.79. The summed E-state index contributed by atoms with van der Waals surface area (Å²) in [6, 6.07) is 13.7. The fraction of sp³-hybridized carbons (Fsp3) is 0.250. The lowest BCUT2D eigenvalue weighted by Gasteiger charge is -2.12. The van der Waals surface area contributed by atoms with Crippen LogP contribution in [0.25, 0.3) is 12.2 Å². The summed E-state index contributed by atoms with van der Waals surface area (Å²) < 4.78 is 22.0. The van der Waals surface area contributed by atoms with Gasteiger partial charge in [0.25, 0.3) is 5.56 Å². The number of Topliss-reactive ketones (excluding diaryl/α,β-unsaturated/α-hetero) is 1. The zero-order valence-electron chi connectivity index (χ0n) is 17.4. The van der Waals surface area contributed by atoms with Crippen LogP contribution >= 0.6 is 11.3 Å². The highest BCUT2D eigenvalue weighted by molar-refractivity contribution is 7.07. The first kappa shape index (κ1) is 21.7. The molecule has 0 radical (unpaired) electrons. The molecule has 0 amide bonds. The van der Waals surface area contributed by atoms with Crippen molar-refractivity contribution in [2.45, 2.75) is 27.4 Å². The van der Waals surface area contributed by atoms with E-state index in [2.05, 4.69) is 0 Å². The number of halogens is 1. The molecule has 0 N–H and O–H groups in total. The molecule has 156 valence electrons. The van der Waals surface area contributed by atoms with Gasteiger partial charge in [0, 0.05) is 24.1 Å². The van der Waals surface area contributed by atoms with Crippen LogP contribution in [-0.4, -0.2) is 10.4 Å². The summed E-state index contributed by atoms with van der Waals surface area (Å²) in [5.74, 6) is 0.287. The molecule has 30 heavy (non-hydrogen) atoms. The van der Waals surface area contributed by atoms with E-state index in [0.717, 1.165) is 5.56 Å². The Hall–Kier alpha value is -2.99. The highest BCUT2D eigenvalue weighted by Gasteiger charge is 2.19. The minimum atomic E-state index is -0.498. The van der Waals surface area contributed by atoms with E-state index in [1.54, 1.807) is 43.5 Å². The number of hydrogen-bond acceptors (Lipinski definition) is 4. The molecule has 3 rings (SSSR count). The van der Waals surface area contributed by atoms with Crippen LogP contribution in [0.15, 0.2) is 53.3 Å². The van der Waals surface area contributed by atoms with Crippen molar-refractivity contribution in [2.75, 3.05) is 0 Å². The zero-order chi connectivity index (χ0) is 21.9. The number of carbonyl (C=O) groups is 1. The molecule has 1 aromatic heterocycles. The van der Waals surface area contributed by atoms with Crippen molar-refractivity contribution in [3.8, 4) is 5.75 Å². The van der Waals surface area contributed by atoms with Crippen molar-refractivity contribution < 1.29 is 13.9 Å². The van der Waals surface area contributed by atoms with Gasteiger partial charge in [-0.1, -0.05) is 51.1 Å². The summed E-state index contributed by atoms with van der Waals surface area (Å²) in [6.07, 6.45) is 3.32. The van der Waals surface area contributed by atoms with Crippen molar-refractivity contribution in [2.24, 2.45) is 12.5 Å². The third-order valence-corrected chi connectivity index (χ3v) is 5.70. The number of hydrogen-bond donors (Lipinski definition) is 0. The number of benzene rings is 2. The fourth-order valence-electron chi connectivity index (χ4n) is 2.62. The Morgan fingerprint density at radius 3 is 2.43 bits per heavy atom. The van der Waals surface area contributed by atoms with E-state index in [0.29, 0.717) is 20.5 Å². The summed E-state index contributed by atoms with van der Waals surface area (Å²) in [7, 11) is 1.66. The Labute approximate surface area is 178 Å². The molecule has 0 unspecified atom stereocenters. The molecule has 0 saturated heterocycles. The second-order valence-electron chi connectivity index (χ2n) is 8.02. The van der Waals surface area contributed by atoms with Gasteiger partial charge in [0.1, 0.15) is 22.8 Å². The van der Waals surface area contributed by atoms with E-state index < -0.39 is 5.41 Å². The molecular weight excluding hydrogens is 401 g/mol. The highest BCUT2D eigenvalue weighted by atomic mass is 32.1. The molecule has 0 fully saturated rings. The Kier molecular flexibility index (Phi) is 6.37. The summed E-state index contributed by atoms with van der Waals surface area (Å²) in [6.45, 7) is 5.68. The molecule has 1 heterocycles. The fourth-order valence-corrected chi connectivity index (χ4v) is 3.65. The van der Waals surface area contributed by atoms with Crippen LogP contribution in [0.2, 0.25) is 0 Å². The van der Waals surface area contributed by atoms with E-state index >= 15 is 0 Å². The maximum absolute atomic E-state index is 13.7. The van der Waals surface area contributed by atoms with Crippen molar-refractivity contribution in [1.82, 2.24) is 4.57 Å². The molecule has 0 atom stereocenters. The molecule has 6 heteroatoms. The maximum atomic E-state index is 13.7. The van der Waals surface area contributed by atoms with Crippen LogP contribution in [0.4, 0.5) is 4.39 Å². The Morgan fingerprint density at radius 2 is 1.80 bits per heavy atom. The lowest BCUT2D eigenvalue weighted by molar-refractivity contribution is -0.120. The molecule has 0 aliphatic carbocycles. The predicted octanol–water partition coefficient (Wildman–Crippen LogP) is 3.39. The number of thiazole rings is 1. The number of nitrogens with zero attached hydrogens (tertiary/aromatic N) is 1. The number of ketones is 1. The molecule has 0 aliphatic rings. The lowest BCUT2D eigenvalue weighted by Crippen LogP contribution is -2.30. The van der Waals surface area contributed by atoms with Gasteiger partial charge in [0.15, 0.2) is 5.78 Å². The first-order valence-electron chi connectivity index (χ1n) is 9.55. The number of aromatic nitrogens is 1. The van der Waals surface area contributed by atoms with Crippen molar-refractivity contribution in [3.05, 3.63) is 85.0 Å². The van der Waals surface area contributed by atoms with Gasteiger partial charge in [-0.2, -0.15) is 0 Å². The normalized spacial score (nSPS) is 13.0. The average molecular weight is 426 g/mol. The minimum absolute atomic E-state index is 0.0257. The monoisotopic (exact) mass is 425 g/mol. The predicted molar refractivity (Wildman–Crippen MR) is 118 cm³/mol. The molecule has 0 spiro atoms. The second-order valence-corrected chi connectivity index (χ2v) is 9.08. The number of rotatable bonds is 5.